The molecule has 1 rings (SSSR count). The summed E-state index contributed by atoms with van der Waals surface area (Å²) >= 11 is 0. The molecule has 0 unspecified atom stereocenters. The molecular weight excluding hydrogens is 236 g/mol. The molecule has 100 valence electrons. The fraction of sp³-hybridized carbons (Fsp3) is 0.538. The molecular formula is C13H18O5. The van der Waals surface area contributed by atoms with Crippen LogP contribution < -0.4 is 0 Å². The van der Waals surface area contributed by atoms with Gasteiger partial charge in [-0.1, -0.05) is 12.2 Å². The Labute approximate surface area is 106 Å². The third-order valence-electron chi connectivity index (χ3n) is 2.38. The van der Waals surface area contributed by atoms with Gasteiger partial charge in [-0.05, 0) is 12.5 Å². The molecule has 5 heteroatoms. The van der Waals surface area contributed by atoms with Crippen LogP contribution >= 0.6 is 0 Å². The third-order valence-corrected chi connectivity index (χ3v) is 2.38. The molecule has 1 aliphatic heterocycles. The van der Waals surface area contributed by atoms with E-state index >= 15 is 0 Å². The van der Waals surface area contributed by atoms with E-state index in [2.05, 4.69) is 6.58 Å². The molecule has 0 saturated heterocycles. The Morgan fingerprint density at radius 1 is 1.33 bits per heavy atom. The van der Waals surface area contributed by atoms with Gasteiger partial charge in [0.15, 0.2) is 0 Å². The number of esters is 2. The summed E-state index contributed by atoms with van der Waals surface area (Å²) in [4.78, 5) is 21.8. The van der Waals surface area contributed by atoms with Crippen molar-refractivity contribution in [3.8, 4) is 0 Å². The van der Waals surface area contributed by atoms with Gasteiger partial charge in [0.05, 0.1) is 6.10 Å². The molecule has 0 fully saturated rings. The van der Waals surface area contributed by atoms with E-state index in [1.54, 1.807) is 12.2 Å². The van der Waals surface area contributed by atoms with E-state index in [0.29, 0.717) is 6.42 Å². The molecule has 1 aliphatic rings. The zero-order valence-corrected chi connectivity index (χ0v) is 10.6. The number of ether oxygens (including phenoxy) is 3. The number of rotatable bonds is 5. The first-order valence-corrected chi connectivity index (χ1v) is 5.78. The maximum atomic E-state index is 11.0. The first-order chi connectivity index (χ1) is 8.52. The van der Waals surface area contributed by atoms with Crippen molar-refractivity contribution in [2.24, 2.45) is 0 Å². The fourth-order valence-electron chi connectivity index (χ4n) is 1.64. The molecule has 5 nitrogen and oxygen atoms in total. The van der Waals surface area contributed by atoms with E-state index in [4.69, 9.17) is 14.2 Å². The lowest BCUT2D eigenvalue weighted by molar-refractivity contribution is -0.163. The van der Waals surface area contributed by atoms with Crippen molar-refractivity contribution >= 4 is 11.9 Å². The average Bonchev–Trinajstić information content (AvgIpc) is 2.28. The van der Waals surface area contributed by atoms with Crippen molar-refractivity contribution in [1.82, 2.24) is 0 Å². The molecule has 0 aromatic heterocycles. The largest absolute Gasteiger partial charge is 0.463 e. The summed E-state index contributed by atoms with van der Waals surface area (Å²) in [7, 11) is 0. The van der Waals surface area contributed by atoms with Crippen LogP contribution in [0, 0.1) is 0 Å². The Bertz CT molecular complexity index is 347. The van der Waals surface area contributed by atoms with E-state index in [1.165, 1.54) is 13.8 Å². The fourth-order valence-corrected chi connectivity index (χ4v) is 1.64. The van der Waals surface area contributed by atoms with E-state index in [-0.39, 0.29) is 12.7 Å². The highest BCUT2D eigenvalue weighted by molar-refractivity contribution is 5.66. The van der Waals surface area contributed by atoms with Gasteiger partial charge < -0.3 is 14.2 Å². The Kier molecular flexibility index (Phi) is 5.58. The lowest BCUT2D eigenvalue weighted by atomic mass is 10.1. The van der Waals surface area contributed by atoms with Crippen molar-refractivity contribution in [3.63, 3.8) is 0 Å². The smallest absolute Gasteiger partial charge is 0.303 e. The minimum atomic E-state index is -0.525. The molecule has 0 aromatic carbocycles. The van der Waals surface area contributed by atoms with Gasteiger partial charge in [0.1, 0.15) is 18.8 Å². The highest BCUT2D eigenvalue weighted by atomic mass is 16.6. The summed E-state index contributed by atoms with van der Waals surface area (Å²) in [5.41, 5.74) is 0. The summed E-state index contributed by atoms with van der Waals surface area (Å²) in [6.45, 7) is 6.34. The summed E-state index contributed by atoms with van der Waals surface area (Å²) < 4.78 is 15.7. The molecule has 0 N–H and O–H groups in total. The van der Waals surface area contributed by atoms with Gasteiger partial charge in [-0.2, -0.15) is 0 Å². The molecule has 0 aromatic rings. The minimum Gasteiger partial charge on any atom is -0.463 e. The van der Waals surface area contributed by atoms with Crippen LogP contribution in [0.4, 0.5) is 0 Å². The zero-order chi connectivity index (χ0) is 13.5. The van der Waals surface area contributed by atoms with Crippen LogP contribution in [0.5, 0.6) is 0 Å². The van der Waals surface area contributed by atoms with E-state index in [9.17, 15) is 9.59 Å². The van der Waals surface area contributed by atoms with Crippen LogP contribution in [0.3, 0.4) is 0 Å². The second-order valence-electron chi connectivity index (χ2n) is 4.00. The highest BCUT2D eigenvalue weighted by Gasteiger charge is 2.29. The maximum absolute atomic E-state index is 11.0. The summed E-state index contributed by atoms with van der Waals surface area (Å²) in [5, 5.41) is 0. The predicted molar refractivity (Wildman–Crippen MR) is 64.8 cm³/mol. The predicted octanol–water partition coefficient (Wildman–Crippen LogP) is 1.38. The zero-order valence-electron chi connectivity index (χ0n) is 10.6. The molecule has 0 radical (unpaired) electrons. The van der Waals surface area contributed by atoms with Gasteiger partial charge in [-0.25, -0.2) is 0 Å². The molecule has 0 saturated carbocycles. The van der Waals surface area contributed by atoms with Crippen LogP contribution in [0.15, 0.2) is 24.8 Å². The van der Waals surface area contributed by atoms with Crippen LogP contribution in [0.25, 0.3) is 0 Å². The van der Waals surface area contributed by atoms with Crippen molar-refractivity contribution in [3.05, 3.63) is 24.8 Å². The van der Waals surface area contributed by atoms with Gasteiger partial charge in [0, 0.05) is 13.8 Å². The topological polar surface area (TPSA) is 61.8 Å². The normalized spacial score (nSPS) is 26.4. The Morgan fingerprint density at radius 2 is 2.06 bits per heavy atom. The van der Waals surface area contributed by atoms with Crippen molar-refractivity contribution < 1.29 is 23.8 Å². The molecule has 0 amide bonds. The molecule has 3 atom stereocenters. The second kappa shape index (κ2) is 6.96. The number of carbonyl (C=O) groups is 2. The van der Waals surface area contributed by atoms with Crippen LogP contribution in [-0.4, -0.2) is 36.9 Å². The summed E-state index contributed by atoms with van der Waals surface area (Å²) in [6.07, 6.45) is 4.84. The number of hydrogen-bond acceptors (Lipinski definition) is 5. The van der Waals surface area contributed by atoms with Crippen molar-refractivity contribution in [2.75, 3.05) is 6.61 Å². The van der Waals surface area contributed by atoms with Gasteiger partial charge in [-0.15, -0.1) is 6.58 Å². The Hall–Kier alpha value is -1.62. The monoisotopic (exact) mass is 254 g/mol. The summed E-state index contributed by atoms with van der Waals surface area (Å²) in [6, 6.07) is 0. The van der Waals surface area contributed by atoms with Gasteiger partial charge >= 0.3 is 11.9 Å². The van der Waals surface area contributed by atoms with Gasteiger partial charge in [-0.3, -0.25) is 9.59 Å². The Morgan fingerprint density at radius 3 is 2.61 bits per heavy atom. The van der Waals surface area contributed by atoms with Crippen molar-refractivity contribution in [1.29, 1.82) is 0 Å². The quantitative estimate of drug-likeness (QED) is 0.548. The van der Waals surface area contributed by atoms with Gasteiger partial charge in [0.25, 0.3) is 0 Å². The lowest BCUT2D eigenvalue weighted by Gasteiger charge is -2.31. The van der Waals surface area contributed by atoms with Crippen LogP contribution in [0.1, 0.15) is 20.3 Å². The second-order valence-corrected chi connectivity index (χ2v) is 4.00. The van der Waals surface area contributed by atoms with E-state index in [0.717, 1.165) is 0 Å². The Balaban J connectivity index is 2.65. The molecule has 0 bridgehead atoms. The molecule has 0 spiro atoms. The number of hydrogen-bond donors (Lipinski definition) is 0. The third kappa shape index (κ3) is 4.71. The summed E-state index contributed by atoms with van der Waals surface area (Å²) in [5.74, 6) is -0.793. The highest BCUT2D eigenvalue weighted by Crippen LogP contribution is 2.19. The standard InChI is InChI=1S/C13H18O5/c1-4-5-11-6-7-12(17-10(3)15)13(18-11)8-16-9(2)14/h4,6-7,11-13H,1,5,8H2,2-3H3/t11-,12-,13+/m0/s1. The number of carbonyl (C=O) groups excluding carboxylic acids is 2. The lowest BCUT2D eigenvalue weighted by Crippen LogP contribution is -2.41. The SMILES string of the molecule is C=CC[C@H]1C=C[C@H](OC(C)=O)[C@@H](COC(C)=O)O1. The molecule has 1 heterocycles. The van der Waals surface area contributed by atoms with Gasteiger partial charge in [0.2, 0.25) is 0 Å². The van der Waals surface area contributed by atoms with E-state index in [1.807, 2.05) is 6.08 Å². The van der Waals surface area contributed by atoms with E-state index < -0.39 is 24.1 Å². The maximum Gasteiger partial charge on any atom is 0.303 e. The minimum absolute atomic E-state index is 0.0608. The first kappa shape index (κ1) is 14.4. The first-order valence-electron chi connectivity index (χ1n) is 5.78. The molecule has 18 heavy (non-hydrogen) atoms. The van der Waals surface area contributed by atoms with Crippen LogP contribution in [0.2, 0.25) is 0 Å². The molecule has 0 aliphatic carbocycles. The average molecular weight is 254 g/mol. The van der Waals surface area contributed by atoms with Crippen molar-refractivity contribution in [2.45, 2.75) is 38.6 Å². The van der Waals surface area contributed by atoms with Crippen LogP contribution in [-0.2, 0) is 23.8 Å².